The van der Waals surface area contributed by atoms with Gasteiger partial charge in [0.15, 0.2) is 0 Å². The van der Waals surface area contributed by atoms with Gasteiger partial charge in [-0.15, -0.1) is 0 Å². The van der Waals surface area contributed by atoms with Crippen LogP contribution in [0.25, 0.3) is 0 Å². The smallest absolute Gasteiger partial charge is 0.275 e. The predicted molar refractivity (Wildman–Crippen MR) is 103 cm³/mol. The molecule has 0 atom stereocenters. The third-order valence-corrected chi connectivity index (χ3v) is 3.67. The summed E-state index contributed by atoms with van der Waals surface area (Å²) in [4.78, 5) is 24.2. The minimum atomic E-state index is -0.674. The summed E-state index contributed by atoms with van der Waals surface area (Å²) in [5.74, 6) is -0.560. The van der Waals surface area contributed by atoms with E-state index >= 15 is 0 Å². The average molecular weight is 387 g/mol. The molecule has 2 rings (SSSR count). The van der Waals surface area contributed by atoms with Gasteiger partial charge in [-0.1, -0.05) is 0 Å². The molecule has 0 aliphatic carbocycles. The molecule has 0 fully saturated rings. The van der Waals surface area contributed by atoms with E-state index < -0.39 is 5.91 Å². The quantitative estimate of drug-likeness (QED) is 0.426. The molecular formula is C19H21N3O6. The second-order valence-electron chi connectivity index (χ2n) is 5.78. The molecule has 2 amide bonds. The zero-order chi connectivity index (χ0) is 20.7. The Morgan fingerprint density at radius 1 is 1.07 bits per heavy atom. The molecule has 28 heavy (non-hydrogen) atoms. The molecule has 2 aromatic rings. The zero-order valence-corrected chi connectivity index (χ0v) is 15.6. The monoisotopic (exact) mass is 387 g/mol. The maximum Gasteiger partial charge on any atom is 0.275 e. The fourth-order valence-electron chi connectivity index (χ4n) is 2.30. The molecule has 0 aromatic heterocycles. The summed E-state index contributed by atoms with van der Waals surface area (Å²) in [6.07, 6.45) is -0.0811. The summed E-state index contributed by atoms with van der Waals surface area (Å²) < 4.78 is 10.3. The van der Waals surface area contributed by atoms with Crippen molar-refractivity contribution >= 4 is 23.2 Å². The molecule has 0 aliphatic rings. The van der Waals surface area contributed by atoms with E-state index in [0.29, 0.717) is 22.9 Å². The van der Waals surface area contributed by atoms with Crippen molar-refractivity contribution < 1.29 is 29.3 Å². The molecule has 0 spiro atoms. The highest BCUT2D eigenvalue weighted by Crippen LogP contribution is 2.29. The van der Waals surface area contributed by atoms with Crippen LogP contribution in [-0.2, 0) is 4.79 Å². The summed E-state index contributed by atoms with van der Waals surface area (Å²) in [5, 5.41) is 25.5. The molecule has 2 aromatic carbocycles. The van der Waals surface area contributed by atoms with Gasteiger partial charge in [0, 0.05) is 17.8 Å². The normalized spacial score (nSPS) is 10.9. The molecular weight excluding hydrogens is 366 g/mol. The van der Waals surface area contributed by atoms with Gasteiger partial charge in [0.2, 0.25) is 5.91 Å². The molecule has 4 N–H and O–H groups in total. The first-order valence-electron chi connectivity index (χ1n) is 8.21. The first kappa shape index (κ1) is 20.6. The number of aromatic hydroxyl groups is 2. The molecule has 0 saturated heterocycles. The van der Waals surface area contributed by atoms with Crippen molar-refractivity contribution in [2.75, 3.05) is 19.5 Å². The van der Waals surface area contributed by atoms with Crippen LogP contribution in [0.4, 0.5) is 5.69 Å². The number of nitrogens with zero attached hydrogens (tertiary/aromatic N) is 1. The maximum absolute atomic E-state index is 12.2. The number of nitrogens with one attached hydrogen (secondary N) is 2. The Kier molecular flexibility index (Phi) is 6.80. The first-order valence-corrected chi connectivity index (χ1v) is 8.21. The molecule has 0 saturated carbocycles. The Hall–Kier alpha value is -3.75. The van der Waals surface area contributed by atoms with Crippen LogP contribution < -0.4 is 20.2 Å². The number of amides is 2. The van der Waals surface area contributed by atoms with E-state index in [9.17, 15) is 19.8 Å². The maximum atomic E-state index is 12.2. The summed E-state index contributed by atoms with van der Waals surface area (Å²) >= 11 is 0. The van der Waals surface area contributed by atoms with Gasteiger partial charge >= 0.3 is 0 Å². The number of phenolic OH excluding ortho intramolecular Hbond substituents is 2. The first-order chi connectivity index (χ1) is 13.3. The van der Waals surface area contributed by atoms with E-state index in [1.54, 1.807) is 25.1 Å². The van der Waals surface area contributed by atoms with Crippen molar-refractivity contribution in [1.29, 1.82) is 0 Å². The standard InChI is InChI=1S/C19H21N3O6/c1-11(21-22-19(26)14-6-4-12(23)9-16(14)24)8-18(25)20-15-10-13(27-2)5-7-17(15)28-3/h4-7,9-10,23-24H,8H2,1-3H3,(H,20,25)(H,22,26). The van der Waals surface area contributed by atoms with Crippen LogP contribution in [0.1, 0.15) is 23.7 Å². The van der Waals surface area contributed by atoms with Crippen molar-refractivity contribution in [1.82, 2.24) is 5.43 Å². The van der Waals surface area contributed by atoms with Crippen LogP contribution in [-0.4, -0.2) is 42.0 Å². The van der Waals surface area contributed by atoms with E-state index in [1.807, 2.05) is 0 Å². The van der Waals surface area contributed by atoms with E-state index in [2.05, 4.69) is 15.8 Å². The summed E-state index contributed by atoms with van der Waals surface area (Å²) in [6.45, 7) is 1.57. The summed E-state index contributed by atoms with van der Waals surface area (Å²) in [5.41, 5.74) is 2.98. The van der Waals surface area contributed by atoms with Gasteiger partial charge in [0.1, 0.15) is 23.0 Å². The van der Waals surface area contributed by atoms with E-state index in [4.69, 9.17) is 9.47 Å². The third-order valence-electron chi connectivity index (χ3n) is 3.67. The molecule has 9 heteroatoms. The Morgan fingerprint density at radius 2 is 1.82 bits per heavy atom. The Bertz CT molecular complexity index is 911. The Balaban J connectivity index is 1.99. The van der Waals surface area contributed by atoms with Crippen molar-refractivity contribution in [3.8, 4) is 23.0 Å². The highest BCUT2D eigenvalue weighted by Gasteiger charge is 2.13. The predicted octanol–water partition coefficient (Wildman–Crippen LogP) is 2.25. The lowest BCUT2D eigenvalue weighted by Gasteiger charge is -2.11. The lowest BCUT2D eigenvalue weighted by atomic mass is 10.2. The lowest BCUT2D eigenvalue weighted by Crippen LogP contribution is -2.21. The largest absolute Gasteiger partial charge is 0.508 e. The van der Waals surface area contributed by atoms with Crippen molar-refractivity contribution in [3.05, 3.63) is 42.0 Å². The second kappa shape index (κ2) is 9.26. The number of rotatable bonds is 7. The van der Waals surface area contributed by atoms with Crippen LogP contribution in [0, 0.1) is 0 Å². The minimum absolute atomic E-state index is 0.0556. The highest BCUT2D eigenvalue weighted by molar-refractivity contribution is 6.06. The number of phenols is 2. The number of methoxy groups -OCH3 is 2. The number of carbonyl (C=O) groups is 2. The van der Waals surface area contributed by atoms with Gasteiger partial charge in [0.25, 0.3) is 5.91 Å². The Labute approximate surface area is 161 Å². The number of hydrogen-bond donors (Lipinski definition) is 4. The van der Waals surface area contributed by atoms with Gasteiger partial charge in [-0.3, -0.25) is 9.59 Å². The lowest BCUT2D eigenvalue weighted by molar-refractivity contribution is -0.115. The fraction of sp³-hybridized carbons (Fsp3) is 0.211. The van der Waals surface area contributed by atoms with E-state index in [1.165, 1.54) is 26.4 Å². The van der Waals surface area contributed by atoms with Crippen molar-refractivity contribution in [2.45, 2.75) is 13.3 Å². The SMILES string of the molecule is COc1ccc(OC)c(NC(=O)CC(C)=NNC(=O)c2ccc(O)cc2O)c1. The Morgan fingerprint density at radius 3 is 2.46 bits per heavy atom. The van der Waals surface area contributed by atoms with Crippen molar-refractivity contribution in [2.24, 2.45) is 5.10 Å². The molecule has 0 bridgehead atoms. The summed E-state index contributed by atoms with van der Waals surface area (Å²) in [6, 6.07) is 8.56. The van der Waals surface area contributed by atoms with Gasteiger partial charge in [-0.05, 0) is 31.2 Å². The van der Waals surface area contributed by atoms with E-state index in [0.717, 1.165) is 6.07 Å². The van der Waals surface area contributed by atoms with Crippen LogP contribution in [0.3, 0.4) is 0 Å². The second-order valence-corrected chi connectivity index (χ2v) is 5.78. The molecule has 0 unspecified atom stereocenters. The molecule has 0 aliphatic heterocycles. The third kappa shape index (κ3) is 5.37. The average Bonchev–Trinajstić information content (AvgIpc) is 2.65. The van der Waals surface area contributed by atoms with Gasteiger partial charge in [0.05, 0.1) is 31.9 Å². The van der Waals surface area contributed by atoms with Crippen molar-refractivity contribution in [3.63, 3.8) is 0 Å². The number of hydrogen-bond acceptors (Lipinski definition) is 7. The minimum Gasteiger partial charge on any atom is -0.508 e. The van der Waals surface area contributed by atoms with Crippen LogP contribution in [0.5, 0.6) is 23.0 Å². The van der Waals surface area contributed by atoms with Crippen LogP contribution in [0.2, 0.25) is 0 Å². The van der Waals surface area contributed by atoms with Gasteiger partial charge in [-0.2, -0.15) is 5.10 Å². The molecule has 148 valence electrons. The van der Waals surface area contributed by atoms with E-state index in [-0.39, 0.29) is 29.4 Å². The summed E-state index contributed by atoms with van der Waals surface area (Å²) in [7, 11) is 3.00. The number of carbonyl (C=O) groups excluding carboxylic acids is 2. The van der Waals surface area contributed by atoms with Crippen LogP contribution in [0.15, 0.2) is 41.5 Å². The topological polar surface area (TPSA) is 129 Å². The number of anilines is 1. The number of ether oxygens (including phenoxy) is 2. The molecule has 9 nitrogen and oxygen atoms in total. The number of hydrazone groups is 1. The molecule has 0 radical (unpaired) electrons. The fourth-order valence-corrected chi connectivity index (χ4v) is 2.30. The molecule has 0 heterocycles. The highest BCUT2D eigenvalue weighted by atomic mass is 16.5. The van der Waals surface area contributed by atoms with Crippen LogP contribution >= 0.6 is 0 Å². The number of benzene rings is 2. The zero-order valence-electron chi connectivity index (χ0n) is 15.6. The van der Waals surface area contributed by atoms with Gasteiger partial charge < -0.3 is 25.0 Å². The van der Waals surface area contributed by atoms with Gasteiger partial charge in [-0.25, -0.2) is 5.43 Å².